The molecule has 41 heavy (non-hydrogen) atoms. The number of hydrogen-bond acceptors (Lipinski definition) is 5. The lowest BCUT2D eigenvalue weighted by Gasteiger charge is -2.45. The highest BCUT2D eigenvalue weighted by Gasteiger charge is 2.63. The number of likely N-dealkylation sites (tertiary alicyclic amines) is 1. The molecule has 1 fully saturated rings. The van der Waals surface area contributed by atoms with E-state index in [-0.39, 0.29) is 35.8 Å². The predicted molar refractivity (Wildman–Crippen MR) is 151 cm³/mol. The number of non-ortho nitro benzene ring substituents is 1. The van der Waals surface area contributed by atoms with Crippen molar-refractivity contribution >= 4 is 29.1 Å². The largest absolute Gasteiger partial charge is 0.324 e. The zero-order chi connectivity index (χ0) is 28.2. The summed E-state index contributed by atoms with van der Waals surface area (Å²) < 4.78 is 0. The molecule has 3 atom stereocenters. The molecule has 4 aromatic rings. The Morgan fingerprint density at radius 1 is 0.732 bits per heavy atom. The van der Waals surface area contributed by atoms with Crippen LogP contribution in [0.4, 0.5) is 11.4 Å². The topological polar surface area (TPSA) is 110 Å². The van der Waals surface area contributed by atoms with Gasteiger partial charge >= 0.3 is 0 Å². The summed E-state index contributed by atoms with van der Waals surface area (Å²) in [5, 5.41) is 13.9. The van der Waals surface area contributed by atoms with Crippen LogP contribution in [0, 0.1) is 22.0 Å². The predicted octanol–water partition coefficient (Wildman–Crippen LogP) is 5.04. The zero-order valence-corrected chi connectivity index (χ0v) is 21.8. The molecule has 1 N–H and O–H groups in total. The molecule has 0 unspecified atom stereocenters. The SMILES string of the molecule is O=C(Nc1ccc([N+](=O)[O-])cc1)[C@@H](Cc1ccccc1)N1C(=O)[C@@H]2C3c4ccccc4C(c4ccccc43)[C@@H]2C1=O. The first-order valence-electron chi connectivity index (χ1n) is 13.6. The van der Waals surface area contributed by atoms with Gasteiger partial charge in [-0.25, -0.2) is 0 Å². The molecule has 3 aliphatic carbocycles. The second-order valence-electron chi connectivity index (χ2n) is 10.8. The molecule has 2 bridgehead atoms. The number of carbonyl (C=O) groups excluding carboxylic acids is 3. The molecule has 3 amide bonds. The minimum Gasteiger partial charge on any atom is -0.324 e. The van der Waals surface area contributed by atoms with Gasteiger partial charge in [-0.3, -0.25) is 29.4 Å². The van der Waals surface area contributed by atoms with Gasteiger partial charge in [0.05, 0.1) is 16.8 Å². The van der Waals surface area contributed by atoms with E-state index in [4.69, 9.17) is 0 Å². The summed E-state index contributed by atoms with van der Waals surface area (Å²) in [6.07, 6.45) is 0.145. The number of carbonyl (C=O) groups is 3. The smallest absolute Gasteiger partial charge is 0.269 e. The van der Waals surface area contributed by atoms with Crippen molar-refractivity contribution in [2.24, 2.45) is 11.8 Å². The van der Waals surface area contributed by atoms with Gasteiger partial charge < -0.3 is 5.32 Å². The second-order valence-corrected chi connectivity index (χ2v) is 10.8. The van der Waals surface area contributed by atoms with Gasteiger partial charge in [0.2, 0.25) is 17.7 Å². The Labute approximate surface area is 235 Å². The van der Waals surface area contributed by atoms with Crippen LogP contribution in [0.2, 0.25) is 0 Å². The van der Waals surface area contributed by atoms with E-state index in [2.05, 4.69) is 5.32 Å². The maximum Gasteiger partial charge on any atom is 0.269 e. The molecule has 0 saturated carbocycles. The van der Waals surface area contributed by atoms with Crippen LogP contribution in [-0.2, 0) is 20.8 Å². The van der Waals surface area contributed by atoms with E-state index in [9.17, 15) is 24.5 Å². The molecule has 1 aliphatic heterocycles. The monoisotopic (exact) mass is 543 g/mol. The summed E-state index contributed by atoms with van der Waals surface area (Å²) >= 11 is 0. The molecule has 8 heteroatoms. The third-order valence-corrected chi connectivity index (χ3v) is 8.71. The lowest BCUT2D eigenvalue weighted by molar-refractivity contribution is -0.384. The first-order chi connectivity index (χ1) is 19.9. The van der Waals surface area contributed by atoms with Crippen molar-refractivity contribution in [2.75, 3.05) is 5.32 Å². The molecule has 4 aromatic carbocycles. The summed E-state index contributed by atoms with van der Waals surface area (Å²) in [6.45, 7) is 0. The summed E-state index contributed by atoms with van der Waals surface area (Å²) in [4.78, 5) is 54.2. The van der Waals surface area contributed by atoms with Gasteiger partial charge in [0, 0.05) is 36.1 Å². The normalized spacial score (nSPS) is 22.5. The fourth-order valence-electron chi connectivity index (χ4n) is 7.04. The van der Waals surface area contributed by atoms with Gasteiger partial charge in [0.1, 0.15) is 6.04 Å². The second kappa shape index (κ2) is 9.52. The Hall–Kier alpha value is -5.11. The molecule has 1 heterocycles. The fourth-order valence-corrected chi connectivity index (χ4v) is 7.04. The fraction of sp³-hybridized carbons (Fsp3) is 0.182. The Morgan fingerprint density at radius 3 is 1.66 bits per heavy atom. The molecule has 8 rings (SSSR count). The molecule has 0 aromatic heterocycles. The van der Waals surface area contributed by atoms with E-state index in [0.29, 0.717) is 5.69 Å². The number of amides is 3. The Kier molecular flexibility index (Phi) is 5.78. The molecule has 0 radical (unpaired) electrons. The Balaban J connectivity index is 1.28. The van der Waals surface area contributed by atoms with Crippen molar-refractivity contribution in [2.45, 2.75) is 24.3 Å². The third-order valence-electron chi connectivity index (χ3n) is 8.71. The van der Waals surface area contributed by atoms with Gasteiger partial charge in [-0.05, 0) is 39.9 Å². The summed E-state index contributed by atoms with van der Waals surface area (Å²) in [5.41, 5.74) is 5.31. The van der Waals surface area contributed by atoms with Crippen LogP contribution in [0.3, 0.4) is 0 Å². The van der Waals surface area contributed by atoms with Gasteiger partial charge in [-0.1, -0.05) is 78.9 Å². The van der Waals surface area contributed by atoms with Crippen LogP contribution >= 0.6 is 0 Å². The number of imide groups is 1. The maximum atomic E-state index is 14.3. The average Bonchev–Trinajstić information content (AvgIpc) is 3.26. The van der Waals surface area contributed by atoms with Gasteiger partial charge in [-0.15, -0.1) is 0 Å². The lowest BCUT2D eigenvalue weighted by Crippen LogP contribution is -2.49. The number of nitrogens with one attached hydrogen (secondary N) is 1. The van der Waals surface area contributed by atoms with Crippen molar-refractivity contribution < 1.29 is 19.3 Å². The molecule has 8 nitrogen and oxygen atoms in total. The van der Waals surface area contributed by atoms with Crippen molar-refractivity contribution in [1.82, 2.24) is 4.90 Å². The molecule has 0 spiro atoms. The van der Waals surface area contributed by atoms with Crippen LogP contribution in [0.5, 0.6) is 0 Å². The van der Waals surface area contributed by atoms with Crippen LogP contribution in [0.15, 0.2) is 103 Å². The van der Waals surface area contributed by atoms with Crippen LogP contribution < -0.4 is 5.32 Å². The molecule has 202 valence electrons. The number of nitro groups is 1. The zero-order valence-electron chi connectivity index (χ0n) is 21.8. The van der Waals surface area contributed by atoms with Crippen molar-refractivity contribution in [1.29, 1.82) is 0 Å². The van der Waals surface area contributed by atoms with Gasteiger partial charge in [0.15, 0.2) is 0 Å². The quantitative estimate of drug-likeness (QED) is 0.208. The number of anilines is 1. The third kappa shape index (κ3) is 3.86. The first-order valence-corrected chi connectivity index (χ1v) is 13.6. The lowest BCUT2D eigenvalue weighted by atomic mass is 9.55. The van der Waals surface area contributed by atoms with Crippen molar-refractivity contribution in [3.63, 3.8) is 0 Å². The van der Waals surface area contributed by atoms with E-state index in [1.807, 2.05) is 78.9 Å². The van der Waals surface area contributed by atoms with Crippen LogP contribution in [0.25, 0.3) is 0 Å². The Bertz CT molecular complexity index is 1600. The minimum absolute atomic E-state index is 0.104. The van der Waals surface area contributed by atoms with E-state index in [1.54, 1.807) is 0 Å². The number of hydrogen-bond donors (Lipinski definition) is 1. The molecule has 1 saturated heterocycles. The van der Waals surface area contributed by atoms with Gasteiger partial charge in [-0.2, -0.15) is 0 Å². The number of nitrogens with zero attached hydrogens (tertiary/aromatic N) is 2. The summed E-state index contributed by atoms with van der Waals surface area (Å²) in [6, 6.07) is 29.7. The highest BCUT2D eigenvalue weighted by molar-refractivity contribution is 6.11. The highest BCUT2D eigenvalue weighted by Crippen LogP contribution is 2.61. The highest BCUT2D eigenvalue weighted by atomic mass is 16.6. The number of rotatable bonds is 6. The molecular formula is C33H25N3O5. The number of nitro benzene ring substituents is 1. The summed E-state index contributed by atoms with van der Waals surface area (Å²) in [5.74, 6) is -2.92. The molecular weight excluding hydrogens is 518 g/mol. The van der Waals surface area contributed by atoms with Gasteiger partial charge in [0.25, 0.3) is 5.69 Å². The van der Waals surface area contributed by atoms with E-state index >= 15 is 0 Å². The van der Waals surface area contributed by atoms with E-state index in [0.717, 1.165) is 27.8 Å². The number of benzene rings is 4. The minimum atomic E-state index is -1.09. The summed E-state index contributed by atoms with van der Waals surface area (Å²) in [7, 11) is 0. The maximum absolute atomic E-state index is 14.3. The van der Waals surface area contributed by atoms with E-state index < -0.39 is 28.7 Å². The average molecular weight is 544 g/mol. The van der Waals surface area contributed by atoms with Crippen LogP contribution in [-0.4, -0.2) is 33.6 Å². The molecule has 4 aliphatic rings. The first kappa shape index (κ1) is 24.9. The Morgan fingerprint density at radius 2 is 1.20 bits per heavy atom. The standard InChI is InChI=1S/C33H25N3O5/c37-31(34-20-14-16-21(17-15-20)36(40)41)26(18-19-8-2-1-3-9-19)35-32(38)29-27-22-10-4-5-11-23(22)28(30(29)33(35)39)25-13-7-6-12-24(25)27/h1-17,26-30H,18H2,(H,34,37)/t26-,27?,28?,29-,30+/m1/s1. The van der Waals surface area contributed by atoms with Crippen molar-refractivity contribution in [3.05, 3.63) is 141 Å². The van der Waals surface area contributed by atoms with E-state index in [1.165, 1.54) is 29.2 Å². The van der Waals surface area contributed by atoms with Crippen molar-refractivity contribution in [3.8, 4) is 0 Å². The van der Waals surface area contributed by atoms with Crippen LogP contribution in [0.1, 0.15) is 39.7 Å².